The molecule has 2 heterocycles. The van der Waals surface area contributed by atoms with Crippen molar-refractivity contribution in [2.75, 3.05) is 13.2 Å². The van der Waals surface area contributed by atoms with E-state index in [0.717, 1.165) is 19.6 Å². The summed E-state index contributed by atoms with van der Waals surface area (Å²) in [4.78, 5) is 0. The fourth-order valence-corrected chi connectivity index (χ4v) is 1.82. The largest absolute Gasteiger partial charge is 0.381 e. The maximum atomic E-state index is 5.71. The first-order valence-electron chi connectivity index (χ1n) is 4.43. The quantitative estimate of drug-likeness (QED) is 0.570. The summed E-state index contributed by atoms with van der Waals surface area (Å²) < 4.78 is 11.0. The predicted octanol–water partition coefficient (Wildman–Crippen LogP) is 1.40. The lowest BCUT2D eigenvalue weighted by Gasteiger charge is -2.16. The average molecular weight is 155 g/mol. The number of ether oxygens (including phenoxy) is 2. The fourth-order valence-electron chi connectivity index (χ4n) is 1.82. The minimum absolute atomic E-state index is 0.382. The first-order valence-corrected chi connectivity index (χ1v) is 4.43. The van der Waals surface area contributed by atoms with Gasteiger partial charge in [0.2, 0.25) is 0 Å². The molecule has 2 aliphatic rings. The van der Waals surface area contributed by atoms with E-state index >= 15 is 0 Å². The number of rotatable bonds is 1. The summed E-state index contributed by atoms with van der Waals surface area (Å²) in [6.07, 6.45) is 5.40. The van der Waals surface area contributed by atoms with E-state index in [1.165, 1.54) is 6.42 Å². The molecule has 3 unspecified atom stereocenters. The third-order valence-electron chi connectivity index (χ3n) is 2.52. The summed E-state index contributed by atoms with van der Waals surface area (Å²) in [7, 11) is 0. The van der Waals surface area contributed by atoms with Crippen molar-refractivity contribution in [1.82, 2.24) is 0 Å². The molecule has 0 N–H and O–H groups in total. The van der Waals surface area contributed by atoms with Crippen molar-refractivity contribution in [2.45, 2.75) is 32.0 Å². The summed E-state index contributed by atoms with van der Waals surface area (Å²) in [6, 6.07) is 0. The molecule has 0 saturated carbocycles. The topological polar surface area (TPSA) is 18.5 Å². The first kappa shape index (κ1) is 7.56. The minimum atomic E-state index is 0.382. The molecule has 3 atom stereocenters. The highest BCUT2D eigenvalue weighted by Crippen LogP contribution is 2.28. The molecule has 2 aliphatic heterocycles. The zero-order valence-corrected chi connectivity index (χ0v) is 6.95. The Balaban J connectivity index is 1.85. The van der Waals surface area contributed by atoms with Crippen LogP contribution in [0, 0.1) is 12.3 Å². The van der Waals surface area contributed by atoms with Crippen LogP contribution in [0.5, 0.6) is 0 Å². The summed E-state index contributed by atoms with van der Waals surface area (Å²) >= 11 is 0. The fraction of sp³-hybridized carbons (Fsp3) is 0.889. The molecular formula is C9H15O2. The molecule has 0 amide bonds. The molecule has 2 saturated heterocycles. The predicted molar refractivity (Wildman–Crippen MR) is 42.2 cm³/mol. The zero-order chi connectivity index (χ0) is 7.68. The second-order valence-electron chi connectivity index (χ2n) is 3.51. The second-order valence-corrected chi connectivity index (χ2v) is 3.51. The van der Waals surface area contributed by atoms with Gasteiger partial charge in [0.15, 0.2) is 0 Å². The van der Waals surface area contributed by atoms with Crippen LogP contribution in [0.2, 0.25) is 0 Å². The van der Waals surface area contributed by atoms with E-state index in [-0.39, 0.29) is 0 Å². The van der Waals surface area contributed by atoms with Crippen LogP contribution in [0.3, 0.4) is 0 Å². The Bertz CT molecular complexity index is 130. The van der Waals surface area contributed by atoms with Crippen molar-refractivity contribution in [3.8, 4) is 0 Å². The molecule has 0 aromatic heterocycles. The van der Waals surface area contributed by atoms with Crippen molar-refractivity contribution in [2.24, 2.45) is 5.92 Å². The summed E-state index contributed by atoms with van der Waals surface area (Å²) in [5.74, 6) is 0.639. The molecule has 1 radical (unpaired) electrons. The Morgan fingerprint density at radius 1 is 1.45 bits per heavy atom. The van der Waals surface area contributed by atoms with E-state index in [1.54, 1.807) is 0 Å². The van der Waals surface area contributed by atoms with E-state index < -0.39 is 0 Å². The lowest BCUT2D eigenvalue weighted by Crippen LogP contribution is -2.20. The van der Waals surface area contributed by atoms with Gasteiger partial charge in [-0.1, -0.05) is 0 Å². The summed E-state index contributed by atoms with van der Waals surface area (Å²) in [6.45, 7) is 3.95. The van der Waals surface area contributed by atoms with Gasteiger partial charge < -0.3 is 9.47 Å². The van der Waals surface area contributed by atoms with Crippen molar-refractivity contribution in [1.29, 1.82) is 0 Å². The molecular weight excluding hydrogens is 140 g/mol. The van der Waals surface area contributed by atoms with Crippen molar-refractivity contribution in [3.63, 3.8) is 0 Å². The lowest BCUT2D eigenvalue weighted by atomic mass is 9.99. The average Bonchev–Trinajstić information content (AvgIpc) is 2.55. The van der Waals surface area contributed by atoms with Gasteiger partial charge in [0.1, 0.15) is 0 Å². The van der Waals surface area contributed by atoms with Gasteiger partial charge in [-0.3, -0.25) is 0 Å². The molecule has 0 bridgehead atoms. The molecule has 2 nitrogen and oxygen atoms in total. The summed E-state index contributed by atoms with van der Waals surface area (Å²) in [5, 5.41) is 0. The van der Waals surface area contributed by atoms with E-state index in [4.69, 9.17) is 9.47 Å². The maximum absolute atomic E-state index is 5.71. The van der Waals surface area contributed by atoms with E-state index in [0.29, 0.717) is 18.1 Å². The second kappa shape index (κ2) is 3.11. The maximum Gasteiger partial charge on any atom is 0.0662 e. The monoisotopic (exact) mass is 155 g/mol. The minimum Gasteiger partial charge on any atom is -0.381 e. The lowest BCUT2D eigenvalue weighted by molar-refractivity contribution is 0.0249. The Kier molecular flexibility index (Phi) is 2.14. The Morgan fingerprint density at radius 2 is 2.36 bits per heavy atom. The molecule has 0 aromatic rings. The van der Waals surface area contributed by atoms with Crippen LogP contribution in [0.1, 0.15) is 19.8 Å². The van der Waals surface area contributed by atoms with Gasteiger partial charge in [0.25, 0.3) is 0 Å². The Labute approximate surface area is 67.9 Å². The van der Waals surface area contributed by atoms with Crippen LogP contribution in [-0.4, -0.2) is 25.4 Å². The van der Waals surface area contributed by atoms with Gasteiger partial charge >= 0.3 is 0 Å². The highest BCUT2D eigenvalue weighted by atomic mass is 16.5. The summed E-state index contributed by atoms with van der Waals surface area (Å²) in [5.41, 5.74) is 0. The third kappa shape index (κ3) is 1.57. The van der Waals surface area contributed by atoms with Gasteiger partial charge in [0.05, 0.1) is 18.8 Å². The van der Waals surface area contributed by atoms with Gasteiger partial charge in [-0.25, -0.2) is 0 Å². The Hall–Kier alpha value is -0.0800. The molecule has 0 spiro atoms. The normalized spacial score (nSPS) is 45.0. The first-order chi connectivity index (χ1) is 5.36. The van der Waals surface area contributed by atoms with Gasteiger partial charge in [-0.05, 0) is 26.2 Å². The number of hydrogen-bond acceptors (Lipinski definition) is 2. The molecule has 11 heavy (non-hydrogen) atoms. The van der Waals surface area contributed by atoms with Crippen molar-refractivity contribution < 1.29 is 9.47 Å². The van der Waals surface area contributed by atoms with Gasteiger partial charge in [-0.15, -0.1) is 0 Å². The van der Waals surface area contributed by atoms with Gasteiger partial charge in [0, 0.05) is 12.5 Å². The molecule has 2 rings (SSSR count). The zero-order valence-electron chi connectivity index (χ0n) is 6.95. The highest BCUT2D eigenvalue weighted by Gasteiger charge is 2.31. The van der Waals surface area contributed by atoms with Crippen LogP contribution in [0.15, 0.2) is 0 Å². The van der Waals surface area contributed by atoms with Crippen molar-refractivity contribution in [3.05, 3.63) is 6.42 Å². The van der Waals surface area contributed by atoms with E-state index in [9.17, 15) is 0 Å². The van der Waals surface area contributed by atoms with Crippen LogP contribution in [-0.2, 0) is 9.47 Å². The smallest absolute Gasteiger partial charge is 0.0662 e. The van der Waals surface area contributed by atoms with Crippen LogP contribution in [0.25, 0.3) is 0 Å². The van der Waals surface area contributed by atoms with Crippen LogP contribution >= 0.6 is 0 Å². The van der Waals surface area contributed by atoms with Crippen LogP contribution in [0.4, 0.5) is 0 Å². The van der Waals surface area contributed by atoms with Gasteiger partial charge in [-0.2, -0.15) is 0 Å². The molecule has 2 fully saturated rings. The number of hydrogen-bond donors (Lipinski definition) is 0. The molecule has 2 heteroatoms. The SMILES string of the molecule is CC1C[CH]C(C2CCOC2)O1. The van der Waals surface area contributed by atoms with Crippen molar-refractivity contribution >= 4 is 0 Å². The molecule has 63 valence electrons. The van der Waals surface area contributed by atoms with E-state index in [2.05, 4.69) is 13.3 Å². The highest BCUT2D eigenvalue weighted by molar-refractivity contribution is 4.92. The molecule has 0 aliphatic carbocycles. The Morgan fingerprint density at radius 3 is 2.91 bits per heavy atom. The molecule has 0 aromatic carbocycles. The standard InChI is InChI=1S/C9H15O2/c1-7-2-3-9(11-7)8-4-5-10-6-8/h3,7-9H,2,4-6H2,1H3. The third-order valence-corrected chi connectivity index (χ3v) is 2.52. The van der Waals surface area contributed by atoms with Crippen LogP contribution < -0.4 is 0 Å². The van der Waals surface area contributed by atoms with E-state index in [1.807, 2.05) is 0 Å².